The molecule has 1 aromatic heterocycles. The van der Waals surface area contributed by atoms with Crippen LogP contribution >= 0.6 is 0 Å². The van der Waals surface area contributed by atoms with Crippen LogP contribution in [0.15, 0.2) is 42.9 Å². The Morgan fingerprint density at radius 2 is 2.07 bits per heavy atom. The first-order valence-electron chi connectivity index (χ1n) is 9.60. The minimum absolute atomic E-state index is 0.106. The highest BCUT2D eigenvalue weighted by atomic mass is 19.4. The van der Waals surface area contributed by atoms with E-state index < -0.39 is 11.7 Å². The topological polar surface area (TPSA) is 46.1 Å². The highest BCUT2D eigenvalue weighted by Gasteiger charge is 2.30. The summed E-state index contributed by atoms with van der Waals surface area (Å²) in [5.74, 6) is 0.429. The smallest absolute Gasteiger partial charge is 0.342 e. The summed E-state index contributed by atoms with van der Waals surface area (Å²) in [5.41, 5.74) is 0.893. The maximum absolute atomic E-state index is 12.8. The number of hydrogen-bond donors (Lipinski definition) is 0. The number of carbonyl (C=O) groups excluding carboxylic acids is 1. The molecule has 4 nitrogen and oxygen atoms in total. The van der Waals surface area contributed by atoms with E-state index in [0.717, 1.165) is 37.6 Å². The number of aryl methyl sites for hydroxylation is 2. The van der Waals surface area contributed by atoms with E-state index in [1.54, 1.807) is 24.7 Å². The molecule has 1 atom stereocenters. The SMILES string of the molecule is O=C(CCc1cnccn1)N1CCCC(CCc2cccc(C(F)(F)F)c2)C1. The van der Waals surface area contributed by atoms with Crippen molar-refractivity contribution in [2.24, 2.45) is 5.92 Å². The Balaban J connectivity index is 1.49. The van der Waals surface area contributed by atoms with E-state index in [0.29, 0.717) is 37.3 Å². The van der Waals surface area contributed by atoms with E-state index in [4.69, 9.17) is 0 Å². The first kappa shape index (κ1) is 20.3. The van der Waals surface area contributed by atoms with Gasteiger partial charge < -0.3 is 4.90 Å². The molecular weight excluding hydrogens is 367 g/mol. The molecule has 1 saturated heterocycles. The summed E-state index contributed by atoms with van der Waals surface area (Å²) in [4.78, 5) is 22.6. The van der Waals surface area contributed by atoms with Crippen molar-refractivity contribution in [2.75, 3.05) is 13.1 Å². The van der Waals surface area contributed by atoms with Gasteiger partial charge in [-0.15, -0.1) is 0 Å². The van der Waals surface area contributed by atoms with Crippen molar-refractivity contribution in [1.29, 1.82) is 0 Å². The molecule has 0 saturated carbocycles. The summed E-state index contributed by atoms with van der Waals surface area (Å²) >= 11 is 0. The maximum Gasteiger partial charge on any atom is 0.416 e. The Labute approximate surface area is 162 Å². The Morgan fingerprint density at radius 1 is 1.21 bits per heavy atom. The van der Waals surface area contributed by atoms with E-state index >= 15 is 0 Å². The summed E-state index contributed by atoms with van der Waals surface area (Å²) < 4.78 is 38.5. The number of benzene rings is 1. The number of halogens is 3. The number of piperidine rings is 1. The average molecular weight is 391 g/mol. The van der Waals surface area contributed by atoms with Crippen LogP contribution in [0.25, 0.3) is 0 Å². The molecular formula is C21H24F3N3O. The van der Waals surface area contributed by atoms with Crippen LogP contribution in [-0.2, 0) is 23.8 Å². The second kappa shape index (κ2) is 9.17. The van der Waals surface area contributed by atoms with Gasteiger partial charge in [-0.2, -0.15) is 13.2 Å². The van der Waals surface area contributed by atoms with Gasteiger partial charge in [0.15, 0.2) is 0 Å². The number of aromatic nitrogens is 2. The molecule has 1 fully saturated rings. The summed E-state index contributed by atoms with van der Waals surface area (Å²) in [7, 11) is 0. The number of amides is 1. The number of likely N-dealkylation sites (tertiary alicyclic amines) is 1. The molecule has 0 radical (unpaired) electrons. The number of nitrogens with zero attached hydrogens (tertiary/aromatic N) is 3. The summed E-state index contributed by atoms with van der Waals surface area (Å²) in [5, 5.41) is 0. The van der Waals surface area contributed by atoms with Crippen LogP contribution in [0.4, 0.5) is 13.2 Å². The predicted molar refractivity (Wildman–Crippen MR) is 99.4 cm³/mol. The normalized spacial score (nSPS) is 17.5. The van der Waals surface area contributed by atoms with Crippen LogP contribution in [0.2, 0.25) is 0 Å². The molecule has 1 aromatic carbocycles. The summed E-state index contributed by atoms with van der Waals surface area (Å²) in [6, 6.07) is 5.53. The van der Waals surface area contributed by atoms with Gasteiger partial charge in [0, 0.05) is 38.1 Å². The molecule has 0 N–H and O–H groups in total. The summed E-state index contributed by atoms with van der Waals surface area (Å²) in [6.07, 6.45) is 4.86. The van der Waals surface area contributed by atoms with Gasteiger partial charge in [-0.25, -0.2) is 0 Å². The van der Waals surface area contributed by atoms with E-state index in [9.17, 15) is 18.0 Å². The first-order chi connectivity index (χ1) is 13.4. The van der Waals surface area contributed by atoms with Gasteiger partial charge in [0.05, 0.1) is 11.3 Å². The lowest BCUT2D eigenvalue weighted by molar-refractivity contribution is -0.137. The van der Waals surface area contributed by atoms with Crippen LogP contribution in [0.3, 0.4) is 0 Å². The average Bonchev–Trinajstić information content (AvgIpc) is 2.71. The number of carbonyl (C=O) groups is 1. The molecule has 3 rings (SSSR count). The highest BCUT2D eigenvalue weighted by Crippen LogP contribution is 2.30. The van der Waals surface area contributed by atoms with Crippen LogP contribution in [0.1, 0.15) is 42.5 Å². The third kappa shape index (κ3) is 5.78. The largest absolute Gasteiger partial charge is 0.416 e. The fraction of sp³-hybridized carbons (Fsp3) is 0.476. The molecule has 1 aliphatic heterocycles. The maximum atomic E-state index is 12.8. The van der Waals surface area contributed by atoms with Crippen molar-refractivity contribution in [2.45, 2.75) is 44.7 Å². The van der Waals surface area contributed by atoms with Crippen LogP contribution in [0.5, 0.6) is 0 Å². The molecule has 0 bridgehead atoms. The lowest BCUT2D eigenvalue weighted by Gasteiger charge is -2.33. The van der Waals surface area contributed by atoms with Gasteiger partial charge in [0.2, 0.25) is 5.91 Å². The fourth-order valence-electron chi connectivity index (χ4n) is 3.65. The zero-order chi connectivity index (χ0) is 20.0. The van der Waals surface area contributed by atoms with Gasteiger partial charge in [0.25, 0.3) is 0 Å². The van der Waals surface area contributed by atoms with Gasteiger partial charge in [-0.3, -0.25) is 14.8 Å². The molecule has 150 valence electrons. The number of hydrogen-bond acceptors (Lipinski definition) is 3. The van der Waals surface area contributed by atoms with Gasteiger partial charge in [-0.05, 0) is 49.7 Å². The Kier molecular flexibility index (Phi) is 6.65. The zero-order valence-corrected chi connectivity index (χ0v) is 15.7. The lowest BCUT2D eigenvalue weighted by Crippen LogP contribution is -2.40. The third-order valence-electron chi connectivity index (χ3n) is 5.18. The Hall–Kier alpha value is -2.44. The van der Waals surface area contributed by atoms with Gasteiger partial charge >= 0.3 is 6.18 Å². The molecule has 1 unspecified atom stereocenters. The molecule has 7 heteroatoms. The minimum atomic E-state index is -4.31. The fourth-order valence-corrected chi connectivity index (χ4v) is 3.65. The molecule has 0 spiro atoms. The second-order valence-electron chi connectivity index (χ2n) is 7.28. The number of alkyl halides is 3. The van der Waals surface area contributed by atoms with Crippen molar-refractivity contribution < 1.29 is 18.0 Å². The molecule has 2 aromatic rings. The van der Waals surface area contributed by atoms with Crippen molar-refractivity contribution in [3.05, 3.63) is 59.7 Å². The van der Waals surface area contributed by atoms with E-state index in [1.807, 2.05) is 4.90 Å². The van der Waals surface area contributed by atoms with E-state index in [1.165, 1.54) is 12.1 Å². The minimum Gasteiger partial charge on any atom is -0.342 e. The first-order valence-corrected chi connectivity index (χ1v) is 9.60. The zero-order valence-electron chi connectivity index (χ0n) is 15.7. The third-order valence-corrected chi connectivity index (χ3v) is 5.18. The van der Waals surface area contributed by atoms with E-state index in [-0.39, 0.29) is 5.91 Å². The van der Waals surface area contributed by atoms with Crippen molar-refractivity contribution in [1.82, 2.24) is 14.9 Å². The van der Waals surface area contributed by atoms with Crippen molar-refractivity contribution in [3.8, 4) is 0 Å². The Morgan fingerprint density at radius 3 is 2.82 bits per heavy atom. The van der Waals surface area contributed by atoms with Crippen molar-refractivity contribution in [3.63, 3.8) is 0 Å². The monoisotopic (exact) mass is 391 g/mol. The molecule has 1 amide bonds. The predicted octanol–water partition coefficient (Wildman–Crippen LogP) is 4.30. The molecule has 1 aliphatic rings. The van der Waals surface area contributed by atoms with Crippen LogP contribution < -0.4 is 0 Å². The summed E-state index contributed by atoms with van der Waals surface area (Å²) in [6.45, 7) is 1.43. The van der Waals surface area contributed by atoms with Gasteiger partial charge in [-0.1, -0.05) is 18.2 Å². The lowest BCUT2D eigenvalue weighted by atomic mass is 9.91. The van der Waals surface area contributed by atoms with Crippen LogP contribution in [-0.4, -0.2) is 33.9 Å². The van der Waals surface area contributed by atoms with Crippen LogP contribution in [0, 0.1) is 5.92 Å². The quantitative estimate of drug-likeness (QED) is 0.738. The molecule has 0 aliphatic carbocycles. The Bertz CT molecular complexity index is 780. The standard InChI is InChI=1S/C21H24F3N3O/c22-21(23,24)18-5-1-3-16(13-18)6-7-17-4-2-12-27(15-17)20(28)9-8-19-14-25-10-11-26-19/h1,3,5,10-11,13-14,17H,2,4,6-9,12,15H2. The van der Waals surface area contributed by atoms with Crippen molar-refractivity contribution >= 4 is 5.91 Å². The molecule has 28 heavy (non-hydrogen) atoms. The van der Waals surface area contributed by atoms with Gasteiger partial charge in [0.1, 0.15) is 0 Å². The number of rotatable bonds is 6. The molecule has 2 heterocycles. The highest BCUT2D eigenvalue weighted by molar-refractivity contribution is 5.76. The van der Waals surface area contributed by atoms with E-state index in [2.05, 4.69) is 9.97 Å². The second-order valence-corrected chi connectivity index (χ2v) is 7.28.